The van der Waals surface area contributed by atoms with E-state index in [1.54, 1.807) is 0 Å². The van der Waals surface area contributed by atoms with Gasteiger partial charge in [0.15, 0.2) is 0 Å². The number of nitrogens with one attached hydrogen (secondary N) is 1. The highest BCUT2D eigenvalue weighted by Crippen LogP contribution is 2.35. The van der Waals surface area contributed by atoms with Crippen molar-refractivity contribution in [1.82, 2.24) is 15.2 Å². The summed E-state index contributed by atoms with van der Waals surface area (Å²) in [5.41, 5.74) is 1.24. The van der Waals surface area contributed by atoms with Gasteiger partial charge in [0.2, 0.25) is 5.91 Å². The SMILES string of the molecule is CN1CC[C@@H](CNC(=O)CC[C@H]2CCCCO2)[C@@H]1c1cccnc1. The van der Waals surface area contributed by atoms with Crippen molar-refractivity contribution in [1.29, 1.82) is 0 Å². The van der Waals surface area contributed by atoms with Crippen LogP contribution in [0, 0.1) is 5.92 Å². The molecule has 5 nitrogen and oxygen atoms in total. The van der Waals surface area contributed by atoms with Crippen molar-refractivity contribution in [3.05, 3.63) is 30.1 Å². The minimum absolute atomic E-state index is 0.156. The van der Waals surface area contributed by atoms with E-state index >= 15 is 0 Å². The zero-order valence-corrected chi connectivity index (χ0v) is 14.6. The van der Waals surface area contributed by atoms with Crippen LogP contribution >= 0.6 is 0 Å². The quantitative estimate of drug-likeness (QED) is 0.870. The van der Waals surface area contributed by atoms with Crippen LogP contribution in [-0.4, -0.2) is 48.6 Å². The maximum absolute atomic E-state index is 12.2. The number of carbonyl (C=O) groups excluding carboxylic acids is 1. The number of ether oxygens (including phenoxy) is 1. The van der Waals surface area contributed by atoms with Crippen molar-refractivity contribution in [3.8, 4) is 0 Å². The Labute approximate surface area is 144 Å². The molecule has 24 heavy (non-hydrogen) atoms. The second-order valence-corrected chi connectivity index (χ2v) is 7.09. The number of aromatic nitrogens is 1. The van der Waals surface area contributed by atoms with Crippen molar-refractivity contribution >= 4 is 5.91 Å². The second-order valence-electron chi connectivity index (χ2n) is 7.09. The molecule has 5 heteroatoms. The lowest BCUT2D eigenvalue weighted by atomic mass is 9.94. The van der Waals surface area contributed by atoms with E-state index in [9.17, 15) is 4.79 Å². The number of rotatable bonds is 6. The van der Waals surface area contributed by atoms with E-state index in [2.05, 4.69) is 28.3 Å². The number of carbonyl (C=O) groups is 1. The fraction of sp³-hybridized carbons (Fsp3) is 0.684. The van der Waals surface area contributed by atoms with E-state index in [-0.39, 0.29) is 12.0 Å². The predicted molar refractivity (Wildman–Crippen MR) is 93.5 cm³/mol. The molecule has 3 heterocycles. The molecule has 2 aliphatic heterocycles. The Morgan fingerprint density at radius 3 is 3.08 bits per heavy atom. The van der Waals surface area contributed by atoms with Crippen molar-refractivity contribution < 1.29 is 9.53 Å². The lowest BCUT2D eigenvalue weighted by Gasteiger charge is -2.25. The molecule has 1 amide bonds. The van der Waals surface area contributed by atoms with Crippen LogP contribution in [0.2, 0.25) is 0 Å². The molecule has 1 aromatic heterocycles. The molecule has 2 aliphatic rings. The van der Waals surface area contributed by atoms with Crippen LogP contribution in [0.1, 0.15) is 50.1 Å². The fourth-order valence-electron chi connectivity index (χ4n) is 3.98. The maximum Gasteiger partial charge on any atom is 0.220 e. The van der Waals surface area contributed by atoms with Gasteiger partial charge >= 0.3 is 0 Å². The molecule has 0 aliphatic carbocycles. The third-order valence-corrected chi connectivity index (χ3v) is 5.33. The van der Waals surface area contributed by atoms with E-state index < -0.39 is 0 Å². The standard InChI is InChI=1S/C19H29N3O2/c1-22-11-9-16(19(22)15-5-4-10-20-13-15)14-21-18(23)8-7-17-6-2-3-12-24-17/h4-5,10,13,16-17,19H,2-3,6-9,11-12,14H2,1H3,(H,21,23)/t16-,17+,19-/m0/s1. The summed E-state index contributed by atoms with van der Waals surface area (Å²) in [5, 5.41) is 3.14. The first kappa shape index (κ1) is 17.4. The summed E-state index contributed by atoms with van der Waals surface area (Å²) in [7, 11) is 2.15. The number of likely N-dealkylation sites (tertiary alicyclic amines) is 1. The Morgan fingerprint density at radius 2 is 2.33 bits per heavy atom. The van der Waals surface area contributed by atoms with Gasteiger partial charge in [0.25, 0.3) is 0 Å². The van der Waals surface area contributed by atoms with E-state index in [1.807, 2.05) is 18.5 Å². The van der Waals surface area contributed by atoms with Crippen LogP contribution in [0.15, 0.2) is 24.5 Å². The molecule has 0 radical (unpaired) electrons. The van der Waals surface area contributed by atoms with Gasteiger partial charge in [-0.25, -0.2) is 0 Å². The van der Waals surface area contributed by atoms with Crippen molar-refractivity contribution in [2.75, 3.05) is 26.7 Å². The first-order chi connectivity index (χ1) is 11.7. The molecule has 132 valence electrons. The van der Waals surface area contributed by atoms with E-state index in [0.29, 0.717) is 18.4 Å². The monoisotopic (exact) mass is 331 g/mol. The number of pyridine rings is 1. The molecular weight excluding hydrogens is 302 g/mol. The first-order valence-electron chi connectivity index (χ1n) is 9.22. The van der Waals surface area contributed by atoms with Crippen LogP contribution < -0.4 is 5.32 Å². The first-order valence-corrected chi connectivity index (χ1v) is 9.22. The molecule has 2 saturated heterocycles. The Balaban J connectivity index is 1.45. The van der Waals surface area contributed by atoms with E-state index in [1.165, 1.54) is 12.0 Å². The lowest BCUT2D eigenvalue weighted by Crippen LogP contribution is -2.33. The average molecular weight is 331 g/mol. The van der Waals surface area contributed by atoms with Gasteiger partial charge in [0, 0.05) is 38.0 Å². The lowest BCUT2D eigenvalue weighted by molar-refractivity contribution is -0.122. The van der Waals surface area contributed by atoms with Crippen molar-refractivity contribution in [3.63, 3.8) is 0 Å². The van der Waals surface area contributed by atoms with Gasteiger partial charge < -0.3 is 10.1 Å². The van der Waals surface area contributed by atoms with Gasteiger partial charge in [-0.2, -0.15) is 0 Å². The summed E-state index contributed by atoms with van der Waals surface area (Å²) >= 11 is 0. The van der Waals surface area contributed by atoms with E-state index in [4.69, 9.17) is 4.74 Å². The Morgan fingerprint density at radius 1 is 1.42 bits per heavy atom. The summed E-state index contributed by atoms with van der Waals surface area (Å²) in [6.07, 6.45) is 10.1. The molecule has 0 saturated carbocycles. The van der Waals surface area contributed by atoms with Crippen molar-refractivity contribution in [2.45, 2.75) is 50.7 Å². The molecule has 3 rings (SSSR count). The molecule has 0 spiro atoms. The number of hydrogen-bond donors (Lipinski definition) is 1. The molecule has 0 aromatic carbocycles. The summed E-state index contributed by atoms with van der Waals surface area (Å²) < 4.78 is 5.70. The third-order valence-electron chi connectivity index (χ3n) is 5.33. The topological polar surface area (TPSA) is 54.5 Å². The smallest absolute Gasteiger partial charge is 0.220 e. The maximum atomic E-state index is 12.2. The molecular formula is C19H29N3O2. The normalized spacial score (nSPS) is 28.0. The highest BCUT2D eigenvalue weighted by molar-refractivity contribution is 5.75. The van der Waals surface area contributed by atoms with Crippen molar-refractivity contribution in [2.24, 2.45) is 5.92 Å². The van der Waals surface area contributed by atoms with Gasteiger partial charge in [-0.3, -0.25) is 14.7 Å². The third kappa shape index (κ3) is 4.54. The molecule has 0 unspecified atom stereocenters. The zero-order chi connectivity index (χ0) is 16.8. The average Bonchev–Trinajstić information content (AvgIpc) is 3.00. The molecule has 3 atom stereocenters. The minimum atomic E-state index is 0.156. The van der Waals surface area contributed by atoms with Crippen LogP contribution in [0.3, 0.4) is 0 Å². The Kier molecular flexibility index (Phi) is 6.21. The Bertz CT molecular complexity index is 517. The summed E-state index contributed by atoms with van der Waals surface area (Å²) in [6.45, 7) is 2.66. The fourth-order valence-corrected chi connectivity index (χ4v) is 3.98. The summed E-state index contributed by atoms with van der Waals surface area (Å²) in [5.74, 6) is 0.609. The second kappa shape index (κ2) is 8.58. The van der Waals surface area contributed by atoms with Crippen LogP contribution in [0.25, 0.3) is 0 Å². The largest absolute Gasteiger partial charge is 0.378 e. The molecule has 1 aromatic rings. The zero-order valence-electron chi connectivity index (χ0n) is 14.6. The minimum Gasteiger partial charge on any atom is -0.378 e. The number of amides is 1. The summed E-state index contributed by atoms with van der Waals surface area (Å²) in [6, 6.07) is 4.47. The van der Waals surface area contributed by atoms with Crippen LogP contribution in [0.5, 0.6) is 0 Å². The predicted octanol–water partition coefficient (Wildman–Crippen LogP) is 2.54. The van der Waals surface area contributed by atoms with Crippen LogP contribution in [-0.2, 0) is 9.53 Å². The number of nitrogens with zero attached hydrogens (tertiary/aromatic N) is 2. The Hall–Kier alpha value is -1.46. The van der Waals surface area contributed by atoms with Gasteiger partial charge in [-0.05, 0) is 63.2 Å². The molecule has 0 bridgehead atoms. The van der Waals surface area contributed by atoms with Crippen LogP contribution in [0.4, 0.5) is 0 Å². The van der Waals surface area contributed by atoms with Gasteiger partial charge in [0.1, 0.15) is 0 Å². The van der Waals surface area contributed by atoms with E-state index in [0.717, 1.165) is 45.4 Å². The van der Waals surface area contributed by atoms with Gasteiger partial charge in [0.05, 0.1) is 6.10 Å². The van der Waals surface area contributed by atoms with Gasteiger partial charge in [-0.15, -0.1) is 0 Å². The summed E-state index contributed by atoms with van der Waals surface area (Å²) in [4.78, 5) is 18.8. The molecule has 1 N–H and O–H groups in total. The number of hydrogen-bond acceptors (Lipinski definition) is 4. The van der Waals surface area contributed by atoms with Gasteiger partial charge in [-0.1, -0.05) is 6.07 Å². The highest BCUT2D eigenvalue weighted by atomic mass is 16.5. The molecule has 2 fully saturated rings. The highest BCUT2D eigenvalue weighted by Gasteiger charge is 2.33.